The van der Waals surface area contributed by atoms with E-state index >= 15 is 0 Å². The van der Waals surface area contributed by atoms with Gasteiger partial charge >= 0.3 is 0 Å². The van der Waals surface area contributed by atoms with Crippen molar-refractivity contribution in [2.45, 2.75) is 12.8 Å². The molecule has 0 saturated heterocycles. The fourth-order valence-electron chi connectivity index (χ4n) is 1.25. The van der Waals surface area contributed by atoms with Crippen LogP contribution in [0.4, 0.5) is 4.39 Å². The second-order valence-electron chi connectivity index (χ2n) is 2.91. The number of methoxy groups -OCH3 is 1. The van der Waals surface area contributed by atoms with Crippen molar-refractivity contribution in [3.8, 4) is 5.75 Å². The first-order chi connectivity index (χ1) is 6.20. The van der Waals surface area contributed by atoms with Crippen molar-refractivity contribution in [1.82, 2.24) is 0 Å². The Balaban J connectivity index is 3.14. The molecule has 13 heavy (non-hydrogen) atoms. The molecule has 0 aliphatic rings. The van der Waals surface area contributed by atoms with Crippen molar-refractivity contribution in [1.29, 1.82) is 0 Å². The summed E-state index contributed by atoms with van der Waals surface area (Å²) in [5.74, 6) is 0.663. The van der Waals surface area contributed by atoms with E-state index < -0.39 is 0 Å². The molecule has 0 spiro atoms. The zero-order valence-corrected chi connectivity index (χ0v) is 8.44. The third-order valence-electron chi connectivity index (χ3n) is 1.96. The molecule has 0 saturated carbocycles. The number of hydrogen-bond acceptors (Lipinski definition) is 1. The average molecular weight is 203 g/mol. The average Bonchev–Trinajstić information content (AvgIpc) is 2.16. The number of ether oxygens (including phenoxy) is 1. The molecule has 0 bridgehead atoms. The van der Waals surface area contributed by atoms with E-state index in [4.69, 9.17) is 16.3 Å². The van der Waals surface area contributed by atoms with E-state index in [9.17, 15) is 4.39 Å². The van der Waals surface area contributed by atoms with E-state index in [0.29, 0.717) is 17.2 Å². The van der Waals surface area contributed by atoms with Gasteiger partial charge in [0, 0.05) is 17.4 Å². The summed E-state index contributed by atoms with van der Waals surface area (Å²) in [4.78, 5) is 0. The Morgan fingerprint density at radius 3 is 2.77 bits per heavy atom. The van der Waals surface area contributed by atoms with Crippen LogP contribution < -0.4 is 4.74 Å². The maximum atomic E-state index is 13.3. The van der Waals surface area contributed by atoms with Crippen LogP contribution in [0.5, 0.6) is 5.75 Å². The lowest BCUT2D eigenvalue weighted by Crippen LogP contribution is -2.02. The molecule has 1 nitrogen and oxygen atoms in total. The minimum absolute atomic E-state index is 0.0298. The Bertz CT molecular complexity index is 288. The van der Waals surface area contributed by atoms with Gasteiger partial charge in [0.15, 0.2) is 0 Å². The van der Waals surface area contributed by atoms with Crippen molar-refractivity contribution in [2.24, 2.45) is 0 Å². The topological polar surface area (TPSA) is 9.23 Å². The van der Waals surface area contributed by atoms with Gasteiger partial charge in [0.1, 0.15) is 11.6 Å². The Hall–Kier alpha value is -0.760. The normalized spacial score (nSPS) is 12.6. The molecule has 1 unspecified atom stereocenters. The second-order valence-corrected chi connectivity index (χ2v) is 3.22. The molecule has 0 amide bonds. The molecule has 1 aromatic rings. The summed E-state index contributed by atoms with van der Waals surface area (Å²) in [6.07, 6.45) is 0. The van der Waals surface area contributed by atoms with Crippen LogP contribution in [0.3, 0.4) is 0 Å². The van der Waals surface area contributed by atoms with Crippen molar-refractivity contribution in [2.75, 3.05) is 13.0 Å². The number of hydrogen-bond donors (Lipinski definition) is 0. The lowest BCUT2D eigenvalue weighted by molar-refractivity contribution is 0.402. The summed E-state index contributed by atoms with van der Waals surface area (Å²) in [5, 5.41) is 0. The minimum Gasteiger partial charge on any atom is -0.496 e. The molecule has 1 aromatic carbocycles. The van der Waals surface area contributed by atoms with Crippen molar-refractivity contribution in [3.05, 3.63) is 29.6 Å². The molecule has 1 atom stereocenters. The molecule has 0 radical (unpaired) electrons. The summed E-state index contributed by atoms with van der Waals surface area (Å²) in [5.41, 5.74) is 0.556. The zero-order chi connectivity index (χ0) is 9.84. The van der Waals surface area contributed by atoms with Crippen LogP contribution in [0.25, 0.3) is 0 Å². The van der Waals surface area contributed by atoms with Gasteiger partial charge in [-0.15, -0.1) is 11.6 Å². The monoisotopic (exact) mass is 202 g/mol. The van der Waals surface area contributed by atoms with Crippen LogP contribution in [-0.4, -0.2) is 13.0 Å². The first kappa shape index (κ1) is 10.3. The van der Waals surface area contributed by atoms with Crippen LogP contribution in [-0.2, 0) is 0 Å². The highest BCUT2D eigenvalue weighted by atomic mass is 35.5. The summed E-state index contributed by atoms with van der Waals surface area (Å²) in [7, 11) is 1.53. The van der Waals surface area contributed by atoms with Crippen LogP contribution in [0.1, 0.15) is 18.4 Å². The number of alkyl halides is 1. The molecule has 0 aliphatic heterocycles. The zero-order valence-electron chi connectivity index (χ0n) is 7.68. The van der Waals surface area contributed by atoms with E-state index in [-0.39, 0.29) is 11.7 Å². The third kappa shape index (κ3) is 2.13. The van der Waals surface area contributed by atoms with E-state index in [1.54, 1.807) is 12.1 Å². The van der Waals surface area contributed by atoms with E-state index in [1.807, 2.05) is 6.92 Å². The van der Waals surface area contributed by atoms with Crippen LogP contribution in [0.15, 0.2) is 18.2 Å². The van der Waals surface area contributed by atoms with Crippen LogP contribution >= 0.6 is 11.6 Å². The first-order valence-corrected chi connectivity index (χ1v) is 4.62. The van der Waals surface area contributed by atoms with Crippen LogP contribution in [0, 0.1) is 5.82 Å². The molecule has 0 heterocycles. The molecular formula is C10H12ClFO. The fourth-order valence-corrected chi connectivity index (χ4v) is 1.40. The smallest absolute Gasteiger partial charge is 0.130 e. The van der Waals surface area contributed by atoms with Gasteiger partial charge in [0.2, 0.25) is 0 Å². The molecule has 1 rings (SSSR count). The quantitative estimate of drug-likeness (QED) is 0.685. The molecule has 0 fully saturated rings. The van der Waals surface area contributed by atoms with E-state index in [2.05, 4.69) is 0 Å². The third-order valence-corrected chi connectivity index (χ3v) is 2.42. The van der Waals surface area contributed by atoms with Gasteiger partial charge in [0.25, 0.3) is 0 Å². The van der Waals surface area contributed by atoms with Gasteiger partial charge < -0.3 is 4.74 Å². The Morgan fingerprint density at radius 2 is 2.23 bits per heavy atom. The fraction of sp³-hybridized carbons (Fsp3) is 0.400. The van der Waals surface area contributed by atoms with Gasteiger partial charge in [-0.2, -0.15) is 0 Å². The lowest BCUT2D eigenvalue weighted by Gasteiger charge is -2.13. The maximum Gasteiger partial charge on any atom is 0.130 e. The standard InChI is InChI=1S/C10H12ClFO/c1-7(6-11)10-8(12)4-3-5-9(10)13-2/h3-5,7H,6H2,1-2H3. The summed E-state index contributed by atoms with van der Waals surface area (Å²) >= 11 is 5.67. The molecule has 0 aromatic heterocycles. The molecular weight excluding hydrogens is 191 g/mol. The van der Waals surface area contributed by atoms with Gasteiger partial charge in [0.05, 0.1) is 7.11 Å². The number of rotatable bonds is 3. The highest BCUT2D eigenvalue weighted by Crippen LogP contribution is 2.29. The molecule has 72 valence electrons. The van der Waals surface area contributed by atoms with Crippen molar-refractivity contribution < 1.29 is 9.13 Å². The van der Waals surface area contributed by atoms with Gasteiger partial charge in [-0.3, -0.25) is 0 Å². The first-order valence-electron chi connectivity index (χ1n) is 4.09. The lowest BCUT2D eigenvalue weighted by atomic mass is 10.0. The van der Waals surface area contributed by atoms with Crippen LogP contribution in [0.2, 0.25) is 0 Å². The Labute approximate surface area is 82.5 Å². The SMILES string of the molecule is COc1cccc(F)c1C(C)CCl. The highest BCUT2D eigenvalue weighted by Gasteiger charge is 2.14. The van der Waals surface area contributed by atoms with Gasteiger partial charge in [-0.25, -0.2) is 4.39 Å². The van der Waals surface area contributed by atoms with E-state index in [0.717, 1.165) is 0 Å². The number of halogens is 2. The Kier molecular flexibility index (Phi) is 3.55. The summed E-state index contributed by atoms with van der Waals surface area (Å²) < 4.78 is 18.4. The predicted octanol–water partition coefficient (Wildman–Crippen LogP) is 3.18. The van der Waals surface area contributed by atoms with Crippen molar-refractivity contribution in [3.63, 3.8) is 0 Å². The molecule has 0 N–H and O–H groups in total. The maximum absolute atomic E-state index is 13.3. The molecule has 0 aliphatic carbocycles. The number of benzene rings is 1. The van der Waals surface area contributed by atoms with Gasteiger partial charge in [-0.05, 0) is 12.1 Å². The largest absolute Gasteiger partial charge is 0.496 e. The minimum atomic E-state index is -0.257. The predicted molar refractivity (Wildman–Crippen MR) is 52.1 cm³/mol. The molecule has 3 heteroatoms. The van der Waals surface area contributed by atoms with Gasteiger partial charge in [-0.1, -0.05) is 13.0 Å². The second kappa shape index (κ2) is 4.47. The highest BCUT2D eigenvalue weighted by molar-refractivity contribution is 6.18. The van der Waals surface area contributed by atoms with E-state index in [1.165, 1.54) is 13.2 Å². The summed E-state index contributed by atoms with van der Waals surface area (Å²) in [6.45, 7) is 1.87. The Morgan fingerprint density at radius 1 is 1.54 bits per heavy atom. The summed E-state index contributed by atoms with van der Waals surface area (Å²) in [6, 6.07) is 4.78. The van der Waals surface area contributed by atoms with Crippen molar-refractivity contribution >= 4 is 11.6 Å².